The number of hydrogen-bond donors (Lipinski definition) is 2. The fourth-order valence-electron chi connectivity index (χ4n) is 1.70. The minimum atomic E-state index is -0.867. The molecule has 0 spiro atoms. The molecule has 4 heteroatoms. The SMILES string of the molecule is CC(NCc1cc(C(=O)O)cs1)c1ccccc1. The predicted molar refractivity (Wildman–Crippen MR) is 73.0 cm³/mol. The van der Waals surface area contributed by atoms with E-state index in [9.17, 15) is 4.79 Å². The molecule has 2 aromatic rings. The zero-order valence-electron chi connectivity index (χ0n) is 10.1. The Bertz CT molecular complexity index is 522. The van der Waals surface area contributed by atoms with Crippen LogP contribution in [0.1, 0.15) is 33.8 Å². The van der Waals surface area contributed by atoms with E-state index in [1.165, 1.54) is 16.9 Å². The van der Waals surface area contributed by atoms with Gasteiger partial charge in [0.05, 0.1) is 5.56 Å². The van der Waals surface area contributed by atoms with Crippen LogP contribution in [0.25, 0.3) is 0 Å². The number of carboxylic acid groups (broad SMARTS) is 1. The molecule has 0 saturated heterocycles. The van der Waals surface area contributed by atoms with E-state index in [-0.39, 0.29) is 6.04 Å². The van der Waals surface area contributed by atoms with Crippen molar-refractivity contribution in [3.63, 3.8) is 0 Å². The second kappa shape index (κ2) is 5.80. The summed E-state index contributed by atoms with van der Waals surface area (Å²) in [4.78, 5) is 11.8. The summed E-state index contributed by atoms with van der Waals surface area (Å²) >= 11 is 1.47. The largest absolute Gasteiger partial charge is 0.478 e. The van der Waals surface area contributed by atoms with Gasteiger partial charge in [-0.15, -0.1) is 11.3 Å². The Morgan fingerprint density at radius 3 is 2.72 bits per heavy atom. The Balaban J connectivity index is 1.93. The summed E-state index contributed by atoms with van der Waals surface area (Å²) in [6.45, 7) is 2.79. The van der Waals surface area contributed by atoms with Crippen molar-refractivity contribution in [3.05, 3.63) is 57.8 Å². The number of benzene rings is 1. The third-order valence-corrected chi connectivity index (χ3v) is 3.72. The molecule has 94 valence electrons. The highest BCUT2D eigenvalue weighted by Gasteiger charge is 2.08. The summed E-state index contributed by atoms with van der Waals surface area (Å²) in [6.07, 6.45) is 0. The van der Waals surface area contributed by atoms with Crippen LogP contribution in [0.2, 0.25) is 0 Å². The number of hydrogen-bond acceptors (Lipinski definition) is 3. The van der Waals surface area contributed by atoms with Crippen LogP contribution in [0.5, 0.6) is 0 Å². The van der Waals surface area contributed by atoms with E-state index in [4.69, 9.17) is 5.11 Å². The van der Waals surface area contributed by atoms with Gasteiger partial charge in [-0.3, -0.25) is 0 Å². The fourth-order valence-corrected chi connectivity index (χ4v) is 2.51. The summed E-state index contributed by atoms with van der Waals surface area (Å²) < 4.78 is 0. The quantitative estimate of drug-likeness (QED) is 0.868. The van der Waals surface area contributed by atoms with Crippen LogP contribution < -0.4 is 5.32 Å². The van der Waals surface area contributed by atoms with Gasteiger partial charge in [-0.05, 0) is 18.6 Å². The third kappa shape index (κ3) is 3.18. The molecular formula is C14H15NO2S. The molecule has 0 aliphatic carbocycles. The molecule has 0 saturated carbocycles. The molecule has 2 rings (SSSR count). The van der Waals surface area contributed by atoms with Gasteiger partial charge in [-0.2, -0.15) is 0 Å². The molecular weight excluding hydrogens is 246 g/mol. The maximum absolute atomic E-state index is 10.8. The summed E-state index contributed by atoms with van der Waals surface area (Å²) in [6, 6.07) is 12.2. The normalized spacial score (nSPS) is 12.3. The first-order chi connectivity index (χ1) is 8.66. The minimum absolute atomic E-state index is 0.251. The van der Waals surface area contributed by atoms with Crippen molar-refractivity contribution in [1.82, 2.24) is 5.32 Å². The van der Waals surface area contributed by atoms with E-state index < -0.39 is 5.97 Å². The molecule has 0 bridgehead atoms. The van der Waals surface area contributed by atoms with Crippen molar-refractivity contribution in [2.75, 3.05) is 0 Å². The van der Waals surface area contributed by atoms with Gasteiger partial charge < -0.3 is 10.4 Å². The van der Waals surface area contributed by atoms with Crippen molar-refractivity contribution in [1.29, 1.82) is 0 Å². The fraction of sp³-hybridized carbons (Fsp3) is 0.214. The molecule has 2 N–H and O–H groups in total. The lowest BCUT2D eigenvalue weighted by Gasteiger charge is -2.13. The summed E-state index contributed by atoms with van der Waals surface area (Å²) in [5.41, 5.74) is 1.59. The highest BCUT2D eigenvalue weighted by Crippen LogP contribution is 2.17. The van der Waals surface area contributed by atoms with E-state index in [0.717, 1.165) is 4.88 Å². The van der Waals surface area contributed by atoms with Crippen molar-refractivity contribution in [2.24, 2.45) is 0 Å². The molecule has 1 unspecified atom stereocenters. The van der Waals surface area contributed by atoms with Crippen LogP contribution in [0, 0.1) is 0 Å². The Morgan fingerprint density at radius 1 is 1.39 bits per heavy atom. The second-order valence-electron chi connectivity index (χ2n) is 4.12. The van der Waals surface area contributed by atoms with E-state index in [2.05, 4.69) is 24.4 Å². The second-order valence-corrected chi connectivity index (χ2v) is 5.12. The monoisotopic (exact) mass is 261 g/mol. The highest BCUT2D eigenvalue weighted by molar-refractivity contribution is 7.10. The van der Waals surface area contributed by atoms with Gasteiger partial charge in [0, 0.05) is 22.8 Å². The van der Waals surface area contributed by atoms with Gasteiger partial charge in [0.15, 0.2) is 0 Å². The maximum Gasteiger partial charge on any atom is 0.336 e. The summed E-state index contributed by atoms with van der Waals surface area (Å²) in [5.74, 6) is -0.867. The average molecular weight is 261 g/mol. The highest BCUT2D eigenvalue weighted by atomic mass is 32.1. The minimum Gasteiger partial charge on any atom is -0.478 e. The zero-order valence-corrected chi connectivity index (χ0v) is 10.9. The Morgan fingerprint density at radius 2 is 2.11 bits per heavy atom. The molecule has 1 aromatic carbocycles. The Hall–Kier alpha value is -1.65. The van der Waals surface area contributed by atoms with Crippen LogP contribution in [0.4, 0.5) is 0 Å². The van der Waals surface area contributed by atoms with Gasteiger partial charge in [-0.1, -0.05) is 30.3 Å². The van der Waals surface area contributed by atoms with Crippen molar-refractivity contribution in [3.8, 4) is 0 Å². The molecule has 0 radical (unpaired) electrons. The predicted octanol–water partition coefficient (Wildman–Crippen LogP) is 3.30. The molecule has 18 heavy (non-hydrogen) atoms. The number of nitrogens with one attached hydrogen (secondary N) is 1. The van der Waals surface area contributed by atoms with E-state index >= 15 is 0 Å². The molecule has 0 aliphatic rings. The van der Waals surface area contributed by atoms with Crippen molar-refractivity contribution >= 4 is 17.3 Å². The Labute approximate surface area is 110 Å². The lowest BCUT2D eigenvalue weighted by molar-refractivity contribution is 0.0697. The molecule has 0 amide bonds. The summed E-state index contributed by atoms with van der Waals surface area (Å²) in [5, 5.41) is 13.9. The number of carboxylic acids is 1. The van der Waals surface area contributed by atoms with Crippen LogP contribution in [-0.4, -0.2) is 11.1 Å². The third-order valence-electron chi connectivity index (χ3n) is 2.78. The van der Waals surface area contributed by atoms with Crippen LogP contribution in [-0.2, 0) is 6.54 Å². The lowest BCUT2D eigenvalue weighted by Crippen LogP contribution is -2.17. The summed E-state index contributed by atoms with van der Waals surface area (Å²) in [7, 11) is 0. The topological polar surface area (TPSA) is 49.3 Å². The van der Waals surface area contributed by atoms with E-state index in [0.29, 0.717) is 12.1 Å². The van der Waals surface area contributed by atoms with Crippen LogP contribution in [0.15, 0.2) is 41.8 Å². The molecule has 1 heterocycles. The first-order valence-corrected chi connectivity index (χ1v) is 6.64. The van der Waals surface area contributed by atoms with Crippen LogP contribution in [0.3, 0.4) is 0 Å². The van der Waals surface area contributed by atoms with Gasteiger partial charge >= 0.3 is 5.97 Å². The first-order valence-electron chi connectivity index (χ1n) is 5.76. The zero-order chi connectivity index (χ0) is 13.0. The number of rotatable bonds is 5. The van der Waals surface area contributed by atoms with E-state index in [1.54, 1.807) is 11.4 Å². The van der Waals surface area contributed by atoms with Crippen LogP contribution >= 0.6 is 11.3 Å². The molecule has 1 aromatic heterocycles. The average Bonchev–Trinajstić information content (AvgIpc) is 2.86. The number of carbonyl (C=O) groups is 1. The van der Waals surface area contributed by atoms with E-state index in [1.807, 2.05) is 18.2 Å². The van der Waals surface area contributed by atoms with Gasteiger partial charge in [0.2, 0.25) is 0 Å². The Kier molecular flexibility index (Phi) is 4.12. The van der Waals surface area contributed by atoms with Gasteiger partial charge in [0.1, 0.15) is 0 Å². The molecule has 0 fully saturated rings. The smallest absolute Gasteiger partial charge is 0.336 e. The van der Waals surface area contributed by atoms with Gasteiger partial charge in [0.25, 0.3) is 0 Å². The molecule has 0 aliphatic heterocycles. The number of thiophene rings is 1. The molecule has 1 atom stereocenters. The lowest BCUT2D eigenvalue weighted by atomic mass is 10.1. The standard InChI is InChI=1S/C14H15NO2S/c1-10(11-5-3-2-4-6-11)15-8-13-7-12(9-18-13)14(16)17/h2-7,9-10,15H,8H2,1H3,(H,16,17). The maximum atomic E-state index is 10.8. The van der Waals surface area contributed by atoms with Crippen molar-refractivity contribution < 1.29 is 9.90 Å². The van der Waals surface area contributed by atoms with Gasteiger partial charge in [-0.25, -0.2) is 4.79 Å². The molecule has 3 nitrogen and oxygen atoms in total. The number of aromatic carboxylic acids is 1. The first kappa shape index (κ1) is 12.8. The van der Waals surface area contributed by atoms with Crippen molar-refractivity contribution in [2.45, 2.75) is 19.5 Å².